The molecule has 2 N–H and O–H groups in total. The molecule has 0 amide bonds. The predicted octanol–water partition coefficient (Wildman–Crippen LogP) is 0.921. The molecule has 0 atom stereocenters. The highest BCUT2D eigenvalue weighted by Crippen LogP contribution is 1.92. The summed E-state index contributed by atoms with van der Waals surface area (Å²) in [4.78, 5) is 19.7. The van der Waals surface area contributed by atoms with Crippen LogP contribution in [0.15, 0.2) is 24.3 Å². The summed E-state index contributed by atoms with van der Waals surface area (Å²) in [7, 11) is 0. The molecule has 0 saturated heterocycles. The summed E-state index contributed by atoms with van der Waals surface area (Å²) in [5.41, 5.74) is 0. The van der Waals surface area contributed by atoms with Gasteiger partial charge in [0.05, 0.1) is 6.61 Å². The van der Waals surface area contributed by atoms with Crippen molar-refractivity contribution in [3.63, 3.8) is 0 Å². The first-order valence-electron chi connectivity index (χ1n) is 3.93. The lowest BCUT2D eigenvalue weighted by molar-refractivity contribution is -0.138. The van der Waals surface area contributed by atoms with Gasteiger partial charge in [-0.25, -0.2) is 9.59 Å². The summed E-state index contributed by atoms with van der Waals surface area (Å²) >= 11 is 4.82. The van der Waals surface area contributed by atoms with Crippen molar-refractivity contribution in [2.45, 2.75) is 6.42 Å². The fraction of sp³-hybridized carbons (Fsp3) is 0.333. The zero-order chi connectivity index (χ0) is 12.3. The summed E-state index contributed by atoms with van der Waals surface area (Å²) in [6.07, 6.45) is 1.58. The second-order valence-corrected chi connectivity index (χ2v) is 2.62. The van der Waals surface area contributed by atoms with Gasteiger partial charge in [-0.05, 0) is 0 Å². The van der Waals surface area contributed by atoms with E-state index in [0.717, 1.165) is 6.08 Å². The van der Waals surface area contributed by atoms with Crippen LogP contribution in [-0.4, -0.2) is 35.4 Å². The van der Waals surface area contributed by atoms with Crippen molar-refractivity contribution in [2.24, 2.45) is 0 Å². The van der Waals surface area contributed by atoms with Gasteiger partial charge in [0.25, 0.3) is 0 Å². The Morgan fingerprint density at radius 1 is 1.47 bits per heavy atom. The van der Waals surface area contributed by atoms with Crippen molar-refractivity contribution in [3.8, 4) is 0 Å². The molecule has 0 bridgehead atoms. The number of hydrogen-bond donors (Lipinski definition) is 2. The molecular weight excluding hydrogens is 224 g/mol. The Bertz CT molecular complexity index is 225. The second-order valence-electron chi connectivity index (χ2n) is 2.16. The van der Waals surface area contributed by atoms with Crippen LogP contribution in [0.1, 0.15) is 6.42 Å². The summed E-state index contributed by atoms with van der Waals surface area (Å²) < 4.78 is 4.51. The molecule has 0 rings (SSSR count). The molecular formula is C9H13ClO5. The van der Waals surface area contributed by atoms with Gasteiger partial charge in [0.2, 0.25) is 0 Å². The van der Waals surface area contributed by atoms with Crippen LogP contribution in [0.3, 0.4) is 0 Å². The highest BCUT2D eigenvalue weighted by molar-refractivity contribution is 6.40. The highest BCUT2D eigenvalue weighted by atomic mass is 35.5. The van der Waals surface area contributed by atoms with Gasteiger partial charge in [0.1, 0.15) is 5.03 Å². The first-order valence-corrected chi connectivity index (χ1v) is 4.31. The number of carbonyl (C=O) groups excluding carboxylic acids is 1. The number of aliphatic carboxylic acids is 1. The Morgan fingerprint density at radius 2 is 1.93 bits per heavy atom. The highest BCUT2D eigenvalue weighted by Gasteiger charge is 1.93. The molecule has 0 saturated carbocycles. The Balaban J connectivity index is 0. The Hall–Kier alpha value is -1.33. The second kappa shape index (κ2) is 10.7. The zero-order valence-electron chi connectivity index (χ0n) is 8.11. The number of ether oxygens (including phenoxy) is 1. The summed E-state index contributed by atoms with van der Waals surface area (Å²) in [5.74, 6) is -1.61. The number of aliphatic hydroxyl groups excluding tert-OH is 1. The minimum Gasteiger partial charge on any atom is -0.477 e. The van der Waals surface area contributed by atoms with Crippen LogP contribution >= 0.6 is 11.6 Å². The van der Waals surface area contributed by atoms with E-state index in [0.29, 0.717) is 6.42 Å². The summed E-state index contributed by atoms with van der Waals surface area (Å²) in [6, 6.07) is 0. The van der Waals surface area contributed by atoms with E-state index in [1.54, 1.807) is 0 Å². The van der Waals surface area contributed by atoms with Crippen LogP contribution < -0.4 is 0 Å². The van der Waals surface area contributed by atoms with Crippen molar-refractivity contribution in [1.82, 2.24) is 0 Å². The molecule has 86 valence electrons. The van der Waals surface area contributed by atoms with Crippen molar-refractivity contribution >= 4 is 23.5 Å². The minimum atomic E-state index is -1.17. The van der Waals surface area contributed by atoms with Gasteiger partial charge >= 0.3 is 11.9 Å². The van der Waals surface area contributed by atoms with E-state index in [-0.39, 0.29) is 18.2 Å². The van der Waals surface area contributed by atoms with Crippen LogP contribution in [0.4, 0.5) is 0 Å². The molecule has 0 aliphatic rings. The molecule has 0 aromatic rings. The van der Waals surface area contributed by atoms with E-state index in [9.17, 15) is 9.59 Å². The van der Waals surface area contributed by atoms with Crippen LogP contribution in [-0.2, 0) is 14.3 Å². The van der Waals surface area contributed by atoms with Gasteiger partial charge in [0.15, 0.2) is 0 Å². The maximum atomic E-state index is 10.3. The monoisotopic (exact) mass is 236 g/mol. The van der Waals surface area contributed by atoms with Crippen LogP contribution in [0.25, 0.3) is 0 Å². The third kappa shape index (κ3) is 15.4. The minimum absolute atomic E-state index is 0.0461. The standard InChI is InChI=1S/C6H10O3.C3H3ClO2/c1-2-6(8)9-5-3-4-7;1-2(4)3(5)6/h2,7H,1,3-5H2;1H2,(H,5,6). The van der Waals surface area contributed by atoms with E-state index in [4.69, 9.17) is 21.8 Å². The molecule has 0 heterocycles. The number of halogens is 1. The third-order valence-electron chi connectivity index (χ3n) is 0.945. The molecule has 15 heavy (non-hydrogen) atoms. The first-order chi connectivity index (χ1) is 6.95. The van der Waals surface area contributed by atoms with E-state index in [1.807, 2.05) is 0 Å². The largest absolute Gasteiger partial charge is 0.477 e. The molecule has 5 nitrogen and oxygen atoms in total. The Morgan fingerprint density at radius 3 is 2.20 bits per heavy atom. The summed E-state index contributed by atoms with van der Waals surface area (Å²) in [5, 5.41) is 15.6. The number of carbonyl (C=O) groups is 2. The van der Waals surface area contributed by atoms with Gasteiger partial charge in [-0.3, -0.25) is 0 Å². The van der Waals surface area contributed by atoms with Gasteiger partial charge in [0, 0.05) is 19.1 Å². The molecule has 0 radical (unpaired) electrons. The first kappa shape index (κ1) is 16.1. The van der Waals surface area contributed by atoms with Crippen molar-refractivity contribution in [2.75, 3.05) is 13.2 Å². The third-order valence-corrected chi connectivity index (χ3v) is 1.11. The number of esters is 1. The molecule has 0 aromatic carbocycles. The predicted molar refractivity (Wildman–Crippen MR) is 55.5 cm³/mol. The van der Waals surface area contributed by atoms with Gasteiger partial charge in [-0.2, -0.15) is 0 Å². The SMILES string of the molecule is C=C(Cl)C(=O)O.C=CC(=O)OCCCO. The maximum absolute atomic E-state index is 10.3. The Kier molecular flexibility index (Phi) is 11.5. The molecule has 0 aliphatic heterocycles. The zero-order valence-corrected chi connectivity index (χ0v) is 8.87. The maximum Gasteiger partial charge on any atom is 0.346 e. The van der Waals surface area contributed by atoms with Gasteiger partial charge in [-0.15, -0.1) is 0 Å². The normalized spacial score (nSPS) is 8.13. The van der Waals surface area contributed by atoms with Crippen LogP contribution in [0, 0.1) is 0 Å². The number of rotatable bonds is 5. The average Bonchev–Trinajstić information content (AvgIpc) is 2.18. The van der Waals surface area contributed by atoms with Crippen LogP contribution in [0.5, 0.6) is 0 Å². The van der Waals surface area contributed by atoms with Crippen LogP contribution in [0.2, 0.25) is 0 Å². The topological polar surface area (TPSA) is 83.8 Å². The van der Waals surface area contributed by atoms with Gasteiger partial charge < -0.3 is 14.9 Å². The fourth-order valence-corrected chi connectivity index (χ4v) is 0.296. The number of aliphatic hydroxyl groups is 1. The van der Waals surface area contributed by atoms with E-state index in [2.05, 4.69) is 17.9 Å². The van der Waals surface area contributed by atoms with Crippen molar-refractivity contribution in [1.29, 1.82) is 0 Å². The molecule has 0 aromatic heterocycles. The number of carboxylic acids is 1. The van der Waals surface area contributed by atoms with Crippen molar-refractivity contribution in [3.05, 3.63) is 24.3 Å². The van der Waals surface area contributed by atoms with Crippen molar-refractivity contribution < 1.29 is 24.5 Å². The lowest BCUT2D eigenvalue weighted by Crippen LogP contribution is -2.02. The molecule has 0 fully saturated rings. The lowest BCUT2D eigenvalue weighted by Gasteiger charge is -1.96. The molecule has 0 spiro atoms. The lowest BCUT2D eigenvalue weighted by atomic mass is 10.5. The molecule has 0 unspecified atom stereocenters. The summed E-state index contributed by atoms with van der Waals surface area (Å²) in [6.45, 7) is 6.43. The molecule has 0 aliphatic carbocycles. The smallest absolute Gasteiger partial charge is 0.346 e. The van der Waals surface area contributed by atoms with E-state index in [1.165, 1.54) is 0 Å². The Labute approximate surface area is 92.6 Å². The van der Waals surface area contributed by atoms with E-state index >= 15 is 0 Å². The average molecular weight is 237 g/mol. The van der Waals surface area contributed by atoms with E-state index < -0.39 is 11.9 Å². The fourth-order valence-electron chi connectivity index (χ4n) is 0.296. The molecule has 6 heteroatoms. The number of hydrogen-bond acceptors (Lipinski definition) is 4. The quantitative estimate of drug-likeness (QED) is 0.421. The number of carboxylic acid groups (broad SMARTS) is 1. The van der Waals surface area contributed by atoms with Gasteiger partial charge in [-0.1, -0.05) is 24.8 Å².